The maximum atomic E-state index is 13.1. The van der Waals surface area contributed by atoms with Crippen LogP contribution in [0.1, 0.15) is 40.4 Å². The molecule has 0 saturated carbocycles. The summed E-state index contributed by atoms with van der Waals surface area (Å²) in [6, 6.07) is 16.1. The van der Waals surface area contributed by atoms with E-state index in [1.807, 2.05) is 48.2 Å². The number of methoxy groups -OCH3 is 2. The number of ether oxygens (including phenoxy) is 3. The van der Waals surface area contributed by atoms with E-state index in [4.69, 9.17) is 14.2 Å². The van der Waals surface area contributed by atoms with Crippen molar-refractivity contribution in [1.82, 2.24) is 9.80 Å². The molecule has 1 amide bonds. The number of likely N-dealkylation sites (tertiary alicyclic amines) is 1. The number of aryl methyl sites for hydroxylation is 1. The van der Waals surface area contributed by atoms with Crippen LogP contribution >= 0.6 is 0 Å². The van der Waals surface area contributed by atoms with Gasteiger partial charge in [0, 0.05) is 44.4 Å². The Balaban J connectivity index is 1.58. The average molecular weight is 439 g/mol. The van der Waals surface area contributed by atoms with E-state index < -0.39 is 0 Å². The molecule has 0 aliphatic carbocycles. The van der Waals surface area contributed by atoms with Crippen LogP contribution in [0.3, 0.4) is 0 Å². The molecule has 0 N–H and O–H groups in total. The number of piperidine rings is 1. The highest BCUT2D eigenvalue weighted by Gasteiger charge is 2.49. The van der Waals surface area contributed by atoms with Crippen molar-refractivity contribution >= 4 is 5.91 Å². The smallest absolute Gasteiger partial charge is 0.253 e. The summed E-state index contributed by atoms with van der Waals surface area (Å²) in [7, 11) is 3.46. The van der Waals surface area contributed by atoms with E-state index in [0.717, 1.165) is 48.4 Å². The van der Waals surface area contributed by atoms with Gasteiger partial charge >= 0.3 is 0 Å². The minimum Gasteiger partial charge on any atom is -0.496 e. The average Bonchev–Trinajstić information content (AvgIpc) is 2.83. The molecule has 172 valence electrons. The van der Waals surface area contributed by atoms with Crippen molar-refractivity contribution in [1.29, 1.82) is 0 Å². The standard InChI is InChI=1S/C26H34N2O4/c1-20-8-10-21(11-9-20)25(29)28-14-12-26(13-15-28)24(22-6-4-5-7-23(22)31-3)27(16-18-30-2)17-19-32-26/h4-11,24H,12-19H2,1-3H3. The summed E-state index contributed by atoms with van der Waals surface area (Å²) in [5, 5.41) is 0. The van der Waals surface area contributed by atoms with Crippen molar-refractivity contribution in [2.45, 2.75) is 31.4 Å². The van der Waals surface area contributed by atoms with Gasteiger partial charge in [0.25, 0.3) is 5.91 Å². The number of morpholine rings is 1. The quantitative estimate of drug-likeness (QED) is 0.688. The minimum absolute atomic E-state index is 0.0548. The normalized spacial score (nSPS) is 21.0. The van der Waals surface area contributed by atoms with E-state index in [0.29, 0.717) is 26.3 Å². The topological polar surface area (TPSA) is 51.2 Å². The molecule has 2 heterocycles. The number of para-hydroxylation sites is 1. The molecule has 1 atom stereocenters. The lowest BCUT2D eigenvalue weighted by molar-refractivity contribution is -0.172. The van der Waals surface area contributed by atoms with Gasteiger partial charge in [-0.15, -0.1) is 0 Å². The summed E-state index contributed by atoms with van der Waals surface area (Å²) in [5.74, 6) is 0.976. The van der Waals surface area contributed by atoms with Gasteiger partial charge in [0.2, 0.25) is 0 Å². The maximum absolute atomic E-state index is 13.1. The minimum atomic E-state index is -0.356. The summed E-state index contributed by atoms with van der Waals surface area (Å²) in [4.78, 5) is 17.5. The van der Waals surface area contributed by atoms with Crippen LogP contribution in [0, 0.1) is 6.92 Å². The van der Waals surface area contributed by atoms with E-state index >= 15 is 0 Å². The van der Waals surface area contributed by atoms with E-state index in [1.54, 1.807) is 14.2 Å². The molecule has 4 rings (SSSR count). The van der Waals surface area contributed by atoms with Crippen molar-refractivity contribution in [3.05, 3.63) is 65.2 Å². The Kier molecular flexibility index (Phi) is 7.13. The molecule has 32 heavy (non-hydrogen) atoms. The Morgan fingerprint density at radius 2 is 1.78 bits per heavy atom. The van der Waals surface area contributed by atoms with E-state index in [2.05, 4.69) is 17.0 Å². The van der Waals surface area contributed by atoms with Crippen molar-refractivity contribution in [3.63, 3.8) is 0 Å². The van der Waals surface area contributed by atoms with Gasteiger partial charge in [-0.1, -0.05) is 35.9 Å². The van der Waals surface area contributed by atoms with Gasteiger partial charge < -0.3 is 19.1 Å². The maximum Gasteiger partial charge on any atom is 0.253 e. The van der Waals surface area contributed by atoms with Crippen LogP contribution in [-0.4, -0.2) is 74.9 Å². The molecule has 1 unspecified atom stereocenters. The van der Waals surface area contributed by atoms with E-state index in [-0.39, 0.29) is 17.6 Å². The number of hydrogen-bond donors (Lipinski definition) is 0. The fraction of sp³-hybridized carbons (Fsp3) is 0.500. The molecule has 2 aromatic carbocycles. The molecule has 6 heteroatoms. The molecular formula is C26H34N2O4. The summed E-state index contributed by atoms with van der Waals surface area (Å²) < 4.78 is 17.7. The highest BCUT2D eigenvalue weighted by Crippen LogP contribution is 2.46. The van der Waals surface area contributed by atoms with Crippen LogP contribution in [0.15, 0.2) is 48.5 Å². The van der Waals surface area contributed by atoms with Crippen LogP contribution in [0.5, 0.6) is 5.75 Å². The molecule has 0 aromatic heterocycles. The Morgan fingerprint density at radius 3 is 2.47 bits per heavy atom. The lowest BCUT2D eigenvalue weighted by Crippen LogP contribution is -2.59. The molecule has 2 saturated heterocycles. The fourth-order valence-electron chi connectivity index (χ4n) is 5.11. The highest BCUT2D eigenvalue weighted by atomic mass is 16.5. The van der Waals surface area contributed by atoms with Crippen LogP contribution < -0.4 is 4.74 Å². The van der Waals surface area contributed by atoms with Crippen LogP contribution in [0.25, 0.3) is 0 Å². The Morgan fingerprint density at radius 1 is 1.06 bits per heavy atom. The first-order valence-corrected chi connectivity index (χ1v) is 11.4. The number of amides is 1. The largest absolute Gasteiger partial charge is 0.496 e. The van der Waals surface area contributed by atoms with Crippen LogP contribution in [0.2, 0.25) is 0 Å². The van der Waals surface area contributed by atoms with E-state index in [9.17, 15) is 4.79 Å². The van der Waals surface area contributed by atoms with Gasteiger partial charge in [-0.05, 0) is 38.0 Å². The Bertz CT molecular complexity index is 906. The zero-order valence-corrected chi connectivity index (χ0v) is 19.4. The third-order valence-corrected chi connectivity index (χ3v) is 6.84. The monoisotopic (exact) mass is 438 g/mol. The first-order chi connectivity index (χ1) is 15.6. The predicted octanol–water partition coefficient (Wildman–Crippen LogP) is 3.70. The molecular weight excluding hydrogens is 404 g/mol. The van der Waals surface area contributed by atoms with Crippen molar-refractivity contribution in [2.24, 2.45) is 0 Å². The third kappa shape index (κ3) is 4.53. The second-order valence-electron chi connectivity index (χ2n) is 8.74. The number of benzene rings is 2. The molecule has 2 aromatic rings. The Labute approximate surface area is 191 Å². The first kappa shape index (κ1) is 22.8. The second-order valence-corrected chi connectivity index (χ2v) is 8.74. The summed E-state index contributed by atoms with van der Waals surface area (Å²) in [5.41, 5.74) is 2.69. The van der Waals surface area contributed by atoms with Crippen LogP contribution in [-0.2, 0) is 9.47 Å². The number of carbonyl (C=O) groups is 1. The van der Waals surface area contributed by atoms with Crippen molar-refractivity contribution in [3.8, 4) is 5.75 Å². The second kappa shape index (κ2) is 10.0. The number of rotatable bonds is 6. The fourth-order valence-corrected chi connectivity index (χ4v) is 5.11. The molecule has 2 fully saturated rings. The Hall–Kier alpha value is -2.41. The van der Waals surface area contributed by atoms with E-state index in [1.165, 1.54) is 0 Å². The zero-order valence-electron chi connectivity index (χ0n) is 19.4. The molecule has 1 spiro atoms. The summed E-state index contributed by atoms with van der Waals surface area (Å²) in [6.07, 6.45) is 1.58. The number of hydrogen-bond acceptors (Lipinski definition) is 5. The lowest BCUT2D eigenvalue weighted by Gasteiger charge is -2.53. The van der Waals surface area contributed by atoms with Crippen LogP contribution in [0.4, 0.5) is 0 Å². The van der Waals surface area contributed by atoms with Gasteiger partial charge in [-0.25, -0.2) is 0 Å². The SMILES string of the molecule is COCCN1CCOC2(CCN(C(=O)c3ccc(C)cc3)CC2)C1c1ccccc1OC. The summed E-state index contributed by atoms with van der Waals surface area (Å²) in [6.45, 7) is 6.41. The number of carbonyl (C=O) groups excluding carboxylic acids is 1. The molecule has 0 bridgehead atoms. The molecule has 2 aliphatic rings. The van der Waals surface area contributed by atoms with Crippen molar-refractivity contribution in [2.75, 3.05) is 53.6 Å². The van der Waals surface area contributed by atoms with Gasteiger partial charge in [0.05, 0.1) is 32.0 Å². The summed E-state index contributed by atoms with van der Waals surface area (Å²) >= 11 is 0. The lowest BCUT2D eigenvalue weighted by atomic mass is 9.78. The van der Waals surface area contributed by atoms with Gasteiger partial charge in [-0.3, -0.25) is 9.69 Å². The number of nitrogens with zero attached hydrogens (tertiary/aromatic N) is 2. The van der Waals surface area contributed by atoms with Gasteiger partial charge in [0.15, 0.2) is 0 Å². The molecule has 0 radical (unpaired) electrons. The molecule has 6 nitrogen and oxygen atoms in total. The van der Waals surface area contributed by atoms with Gasteiger partial charge in [0.1, 0.15) is 5.75 Å². The highest BCUT2D eigenvalue weighted by molar-refractivity contribution is 5.94. The zero-order chi connectivity index (χ0) is 22.6. The molecule has 2 aliphatic heterocycles. The first-order valence-electron chi connectivity index (χ1n) is 11.4. The third-order valence-electron chi connectivity index (χ3n) is 6.84. The van der Waals surface area contributed by atoms with Gasteiger partial charge in [-0.2, -0.15) is 0 Å². The van der Waals surface area contributed by atoms with Crippen molar-refractivity contribution < 1.29 is 19.0 Å². The predicted molar refractivity (Wildman–Crippen MR) is 124 cm³/mol.